The van der Waals surface area contributed by atoms with Crippen LogP contribution in [-0.4, -0.2) is 16.3 Å². The van der Waals surface area contributed by atoms with Gasteiger partial charge in [0.2, 0.25) is 0 Å². The number of nitrogens with zero attached hydrogens (tertiary/aromatic N) is 1. The SMILES string of the molecule is CCC(N)C(C)Sc1nc2ccccc2s1. The standard InChI is InChI=1S/C12H16N2S2/c1-3-9(13)8(2)15-12-14-10-6-4-5-7-11(10)16-12/h4-9H,3,13H2,1-2H3. The minimum Gasteiger partial charge on any atom is -0.327 e. The summed E-state index contributed by atoms with van der Waals surface area (Å²) in [7, 11) is 0. The Balaban J connectivity index is 2.15. The predicted molar refractivity (Wildman–Crippen MR) is 73.2 cm³/mol. The topological polar surface area (TPSA) is 38.9 Å². The van der Waals surface area contributed by atoms with Crippen LogP contribution in [0.5, 0.6) is 0 Å². The number of fused-ring (bicyclic) bond motifs is 1. The second-order valence-electron chi connectivity index (χ2n) is 3.84. The van der Waals surface area contributed by atoms with E-state index in [9.17, 15) is 0 Å². The Morgan fingerprint density at radius 1 is 1.44 bits per heavy atom. The van der Waals surface area contributed by atoms with Gasteiger partial charge in [-0.3, -0.25) is 0 Å². The number of hydrogen-bond donors (Lipinski definition) is 1. The molecule has 2 aromatic rings. The highest BCUT2D eigenvalue weighted by Gasteiger charge is 2.14. The molecule has 2 N–H and O–H groups in total. The van der Waals surface area contributed by atoms with Crippen LogP contribution in [0.15, 0.2) is 28.6 Å². The minimum absolute atomic E-state index is 0.247. The maximum absolute atomic E-state index is 6.01. The largest absolute Gasteiger partial charge is 0.327 e. The molecule has 1 aromatic heterocycles. The van der Waals surface area contributed by atoms with Gasteiger partial charge < -0.3 is 5.73 Å². The zero-order valence-electron chi connectivity index (χ0n) is 9.51. The van der Waals surface area contributed by atoms with Crippen molar-refractivity contribution in [2.24, 2.45) is 5.73 Å². The predicted octanol–water partition coefficient (Wildman–Crippen LogP) is 3.51. The summed E-state index contributed by atoms with van der Waals surface area (Å²) < 4.78 is 2.37. The Bertz CT molecular complexity index is 434. The molecule has 86 valence electrons. The lowest BCUT2D eigenvalue weighted by Crippen LogP contribution is -2.29. The molecule has 0 saturated heterocycles. The first-order valence-electron chi connectivity index (χ1n) is 5.48. The van der Waals surface area contributed by atoms with Crippen LogP contribution in [0, 0.1) is 0 Å². The summed E-state index contributed by atoms with van der Waals surface area (Å²) in [5.74, 6) is 0. The van der Waals surface area contributed by atoms with Crippen molar-refractivity contribution < 1.29 is 0 Å². The summed E-state index contributed by atoms with van der Waals surface area (Å²) in [6.07, 6.45) is 1.01. The van der Waals surface area contributed by atoms with Gasteiger partial charge >= 0.3 is 0 Å². The molecule has 4 heteroatoms. The zero-order chi connectivity index (χ0) is 11.5. The molecule has 2 unspecified atom stereocenters. The van der Waals surface area contributed by atoms with E-state index in [-0.39, 0.29) is 6.04 Å². The maximum atomic E-state index is 6.01. The van der Waals surface area contributed by atoms with Crippen molar-refractivity contribution in [2.75, 3.05) is 0 Å². The molecular weight excluding hydrogens is 236 g/mol. The highest BCUT2D eigenvalue weighted by atomic mass is 32.2. The normalized spacial score (nSPS) is 15.2. The number of thioether (sulfide) groups is 1. The van der Waals surface area contributed by atoms with E-state index in [4.69, 9.17) is 5.73 Å². The van der Waals surface area contributed by atoms with Gasteiger partial charge in [0.1, 0.15) is 0 Å². The van der Waals surface area contributed by atoms with Crippen molar-refractivity contribution in [3.05, 3.63) is 24.3 Å². The molecule has 1 aromatic carbocycles. The highest BCUT2D eigenvalue weighted by Crippen LogP contribution is 2.32. The quantitative estimate of drug-likeness (QED) is 0.846. The number of hydrogen-bond acceptors (Lipinski definition) is 4. The molecule has 0 saturated carbocycles. The third-order valence-electron chi connectivity index (χ3n) is 2.64. The molecule has 2 atom stereocenters. The van der Waals surface area contributed by atoms with Crippen LogP contribution in [-0.2, 0) is 0 Å². The van der Waals surface area contributed by atoms with Crippen molar-refractivity contribution in [1.29, 1.82) is 0 Å². The second kappa shape index (κ2) is 5.17. The minimum atomic E-state index is 0.247. The highest BCUT2D eigenvalue weighted by molar-refractivity contribution is 8.01. The summed E-state index contributed by atoms with van der Waals surface area (Å²) in [5, 5.41) is 0.422. The van der Waals surface area contributed by atoms with Crippen LogP contribution in [0.25, 0.3) is 10.2 Å². The van der Waals surface area contributed by atoms with Crippen LogP contribution in [0.4, 0.5) is 0 Å². The molecular formula is C12H16N2S2. The monoisotopic (exact) mass is 252 g/mol. The number of aromatic nitrogens is 1. The van der Waals surface area contributed by atoms with Gasteiger partial charge in [0.05, 0.1) is 10.2 Å². The average molecular weight is 252 g/mol. The lowest BCUT2D eigenvalue weighted by atomic mass is 10.2. The van der Waals surface area contributed by atoms with Gasteiger partial charge in [0, 0.05) is 11.3 Å². The fourth-order valence-electron chi connectivity index (χ4n) is 1.48. The molecule has 0 spiro atoms. The Labute approximate surface area is 104 Å². The van der Waals surface area contributed by atoms with Gasteiger partial charge in [-0.15, -0.1) is 11.3 Å². The van der Waals surface area contributed by atoms with Crippen molar-refractivity contribution in [3.63, 3.8) is 0 Å². The van der Waals surface area contributed by atoms with Crippen molar-refractivity contribution in [3.8, 4) is 0 Å². The summed E-state index contributed by atoms with van der Waals surface area (Å²) in [6, 6.07) is 8.49. The molecule has 16 heavy (non-hydrogen) atoms. The van der Waals surface area contributed by atoms with Gasteiger partial charge in [-0.1, -0.05) is 37.7 Å². The fraction of sp³-hybridized carbons (Fsp3) is 0.417. The first kappa shape index (κ1) is 11.9. The molecule has 0 aliphatic heterocycles. The Morgan fingerprint density at radius 3 is 2.88 bits per heavy atom. The molecule has 0 aliphatic carbocycles. The first-order chi connectivity index (χ1) is 7.70. The lowest BCUT2D eigenvalue weighted by Gasteiger charge is -2.15. The summed E-state index contributed by atoms with van der Waals surface area (Å²) in [6.45, 7) is 4.30. The van der Waals surface area contributed by atoms with E-state index in [0.717, 1.165) is 16.3 Å². The van der Waals surface area contributed by atoms with Crippen molar-refractivity contribution >= 4 is 33.3 Å². The van der Waals surface area contributed by atoms with Gasteiger partial charge in [-0.05, 0) is 18.6 Å². The Hall–Kier alpha value is -0.580. The lowest BCUT2D eigenvalue weighted by molar-refractivity contribution is 0.642. The number of para-hydroxylation sites is 1. The number of rotatable bonds is 4. The molecule has 0 fully saturated rings. The molecule has 0 bridgehead atoms. The van der Waals surface area contributed by atoms with Gasteiger partial charge in [0.25, 0.3) is 0 Å². The second-order valence-corrected chi connectivity index (χ2v) is 6.50. The average Bonchev–Trinajstić information content (AvgIpc) is 2.69. The Morgan fingerprint density at radius 2 is 2.19 bits per heavy atom. The van der Waals surface area contributed by atoms with Crippen molar-refractivity contribution in [1.82, 2.24) is 4.98 Å². The van der Waals surface area contributed by atoms with Crippen LogP contribution in [0.3, 0.4) is 0 Å². The summed E-state index contributed by atoms with van der Waals surface area (Å²) in [4.78, 5) is 4.60. The van der Waals surface area contributed by atoms with E-state index in [1.165, 1.54) is 4.70 Å². The molecule has 0 radical (unpaired) electrons. The smallest absolute Gasteiger partial charge is 0.151 e. The van der Waals surface area contributed by atoms with Crippen LogP contribution in [0.1, 0.15) is 20.3 Å². The van der Waals surface area contributed by atoms with Gasteiger partial charge in [-0.2, -0.15) is 0 Å². The third-order valence-corrected chi connectivity index (χ3v) is 5.02. The number of benzene rings is 1. The molecule has 0 aliphatic rings. The van der Waals surface area contributed by atoms with E-state index in [1.54, 1.807) is 23.1 Å². The van der Waals surface area contributed by atoms with Crippen LogP contribution >= 0.6 is 23.1 Å². The number of thiazole rings is 1. The van der Waals surface area contributed by atoms with E-state index in [1.807, 2.05) is 6.07 Å². The van der Waals surface area contributed by atoms with Gasteiger partial charge in [0.15, 0.2) is 4.34 Å². The summed E-state index contributed by atoms with van der Waals surface area (Å²) >= 11 is 3.53. The van der Waals surface area contributed by atoms with E-state index < -0.39 is 0 Å². The fourth-order valence-corrected chi connectivity index (χ4v) is 3.93. The third kappa shape index (κ3) is 2.56. The Kier molecular flexibility index (Phi) is 3.84. The maximum Gasteiger partial charge on any atom is 0.151 e. The van der Waals surface area contributed by atoms with Crippen LogP contribution < -0.4 is 5.73 Å². The summed E-state index contributed by atoms with van der Waals surface area (Å²) in [5.41, 5.74) is 7.10. The van der Waals surface area contributed by atoms with E-state index in [2.05, 4.69) is 37.0 Å². The molecule has 0 amide bonds. The molecule has 2 nitrogen and oxygen atoms in total. The number of nitrogens with two attached hydrogens (primary N) is 1. The van der Waals surface area contributed by atoms with E-state index in [0.29, 0.717) is 5.25 Å². The van der Waals surface area contributed by atoms with E-state index >= 15 is 0 Å². The van der Waals surface area contributed by atoms with Gasteiger partial charge in [-0.25, -0.2) is 4.98 Å². The zero-order valence-corrected chi connectivity index (χ0v) is 11.1. The molecule has 1 heterocycles. The molecule has 2 rings (SSSR count). The first-order valence-corrected chi connectivity index (χ1v) is 7.18. The van der Waals surface area contributed by atoms with Crippen LogP contribution in [0.2, 0.25) is 0 Å². The van der Waals surface area contributed by atoms with Crippen molar-refractivity contribution in [2.45, 2.75) is 35.9 Å².